The zero-order valence-electron chi connectivity index (χ0n) is 13.1. The fourth-order valence-electron chi connectivity index (χ4n) is 2.06. The van der Waals surface area contributed by atoms with Crippen molar-refractivity contribution < 1.29 is 9.59 Å². The Hall–Kier alpha value is -1.88. The summed E-state index contributed by atoms with van der Waals surface area (Å²) < 4.78 is 0. The van der Waals surface area contributed by atoms with E-state index in [0.717, 1.165) is 26.1 Å². The number of benzene rings is 1. The van der Waals surface area contributed by atoms with E-state index in [9.17, 15) is 9.59 Å². The summed E-state index contributed by atoms with van der Waals surface area (Å²) in [4.78, 5) is 25.4. The number of nitrogens with one attached hydrogen (secondary N) is 2. The van der Waals surface area contributed by atoms with Crippen LogP contribution in [0.4, 0.5) is 10.5 Å². The lowest BCUT2D eigenvalue weighted by molar-refractivity contribution is 0.101. The molecule has 0 atom stereocenters. The lowest BCUT2D eigenvalue weighted by Crippen LogP contribution is -2.37. The predicted molar refractivity (Wildman–Crippen MR) is 85.9 cm³/mol. The SMILES string of the molecule is CCCN(CC)CCNC(=O)Nc1cccc(C(C)=O)c1. The third-order valence-electron chi connectivity index (χ3n) is 3.23. The summed E-state index contributed by atoms with van der Waals surface area (Å²) in [5.74, 6) is -0.0165. The molecule has 1 rings (SSSR count). The number of Topliss-reactive ketones (excluding diaryl/α,β-unsaturated/α-hetero) is 1. The van der Waals surface area contributed by atoms with Gasteiger partial charge in [0.05, 0.1) is 0 Å². The highest BCUT2D eigenvalue weighted by atomic mass is 16.2. The molecule has 0 saturated carbocycles. The number of carbonyl (C=O) groups is 2. The number of rotatable bonds is 8. The van der Waals surface area contributed by atoms with Crippen molar-refractivity contribution >= 4 is 17.5 Å². The molecule has 2 N–H and O–H groups in total. The Morgan fingerprint density at radius 2 is 1.95 bits per heavy atom. The molecular formula is C16H25N3O2. The van der Waals surface area contributed by atoms with Gasteiger partial charge in [0, 0.05) is 24.3 Å². The average molecular weight is 291 g/mol. The van der Waals surface area contributed by atoms with Crippen molar-refractivity contribution in [2.75, 3.05) is 31.5 Å². The number of carbonyl (C=O) groups excluding carboxylic acids is 2. The lowest BCUT2D eigenvalue weighted by Gasteiger charge is -2.19. The summed E-state index contributed by atoms with van der Waals surface area (Å²) >= 11 is 0. The van der Waals surface area contributed by atoms with Gasteiger partial charge in [-0.1, -0.05) is 26.0 Å². The molecule has 0 aliphatic carbocycles. The highest BCUT2D eigenvalue weighted by Gasteiger charge is 2.05. The monoisotopic (exact) mass is 291 g/mol. The standard InChI is InChI=1S/C16H25N3O2/c1-4-10-19(5-2)11-9-17-16(21)18-15-8-6-7-14(12-15)13(3)20/h6-8,12H,4-5,9-11H2,1-3H3,(H2,17,18,21). The van der Waals surface area contributed by atoms with Crippen molar-refractivity contribution in [1.29, 1.82) is 0 Å². The summed E-state index contributed by atoms with van der Waals surface area (Å²) in [6.07, 6.45) is 1.11. The first-order chi connectivity index (χ1) is 10.1. The second-order valence-electron chi connectivity index (χ2n) is 4.95. The molecule has 1 aromatic carbocycles. The number of likely N-dealkylation sites (N-methyl/N-ethyl adjacent to an activating group) is 1. The van der Waals surface area contributed by atoms with Crippen LogP contribution in [0.1, 0.15) is 37.6 Å². The van der Waals surface area contributed by atoms with Crippen LogP contribution in [0.2, 0.25) is 0 Å². The van der Waals surface area contributed by atoms with Crippen molar-refractivity contribution in [1.82, 2.24) is 10.2 Å². The number of amides is 2. The van der Waals surface area contributed by atoms with Crippen molar-refractivity contribution in [2.24, 2.45) is 0 Å². The Bertz CT molecular complexity index is 474. The van der Waals surface area contributed by atoms with E-state index >= 15 is 0 Å². The lowest BCUT2D eigenvalue weighted by atomic mass is 10.1. The molecule has 0 saturated heterocycles. The number of anilines is 1. The fraction of sp³-hybridized carbons (Fsp3) is 0.500. The highest BCUT2D eigenvalue weighted by Crippen LogP contribution is 2.10. The second kappa shape index (κ2) is 9.13. The molecule has 0 radical (unpaired) electrons. The van der Waals surface area contributed by atoms with Gasteiger partial charge >= 0.3 is 6.03 Å². The molecule has 5 nitrogen and oxygen atoms in total. The van der Waals surface area contributed by atoms with Crippen LogP contribution < -0.4 is 10.6 Å². The molecule has 21 heavy (non-hydrogen) atoms. The molecule has 5 heteroatoms. The maximum absolute atomic E-state index is 11.8. The van der Waals surface area contributed by atoms with Crippen molar-refractivity contribution in [3.8, 4) is 0 Å². The summed E-state index contributed by atoms with van der Waals surface area (Å²) in [6.45, 7) is 9.23. The molecule has 0 aliphatic heterocycles. The summed E-state index contributed by atoms with van der Waals surface area (Å²) in [5.41, 5.74) is 1.22. The molecule has 116 valence electrons. The Morgan fingerprint density at radius 1 is 1.19 bits per heavy atom. The molecule has 0 aromatic heterocycles. The Kier molecular flexibility index (Phi) is 7.46. The number of ketones is 1. The summed E-state index contributed by atoms with van der Waals surface area (Å²) in [7, 11) is 0. The van der Waals surface area contributed by atoms with E-state index in [1.165, 1.54) is 6.92 Å². The van der Waals surface area contributed by atoms with E-state index in [0.29, 0.717) is 17.8 Å². The largest absolute Gasteiger partial charge is 0.337 e. The van der Waals surface area contributed by atoms with Crippen LogP contribution in [0, 0.1) is 0 Å². The molecule has 0 heterocycles. The van der Waals surface area contributed by atoms with Crippen LogP contribution in [-0.4, -0.2) is 42.9 Å². The first-order valence-corrected chi connectivity index (χ1v) is 7.45. The van der Waals surface area contributed by atoms with Gasteiger partial charge in [-0.15, -0.1) is 0 Å². The molecule has 0 bridgehead atoms. The molecule has 0 fully saturated rings. The Balaban J connectivity index is 2.40. The van der Waals surface area contributed by atoms with Crippen LogP contribution >= 0.6 is 0 Å². The minimum Gasteiger partial charge on any atom is -0.337 e. The molecule has 0 aliphatic rings. The normalized spacial score (nSPS) is 10.5. The molecule has 1 aromatic rings. The zero-order chi connectivity index (χ0) is 15.7. The molecule has 0 unspecified atom stereocenters. The highest BCUT2D eigenvalue weighted by molar-refractivity contribution is 5.96. The number of urea groups is 1. The molecular weight excluding hydrogens is 266 g/mol. The number of hydrogen-bond donors (Lipinski definition) is 2. The smallest absolute Gasteiger partial charge is 0.319 e. The Labute approximate surface area is 126 Å². The number of hydrogen-bond acceptors (Lipinski definition) is 3. The minimum atomic E-state index is -0.247. The van der Waals surface area contributed by atoms with Crippen LogP contribution in [0.3, 0.4) is 0 Å². The van der Waals surface area contributed by atoms with Crippen LogP contribution in [0.25, 0.3) is 0 Å². The van der Waals surface area contributed by atoms with Gasteiger partial charge in [0.1, 0.15) is 0 Å². The first kappa shape index (κ1) is 17.2. The van der Waals surface area contributed by atoms with E-state index in [-0.39, 0.29) is 11.8 Å². The van der Waals surface area contributed by atoms with Gasteiger partial charge < -0.3 is 15.5 Å². The van der Waals surface area contributed by atoms with E-state index in [1.807, 2.05) is 0 Å². The van der Waals surface area contributed by atoms with Gasteiger partial charge in [0.25, 0.3) is 0 Å². The van der Waals surface area contributed by atoms with Gasteiger partial charge in [0.2, 0.25) is 0 Å². The average Bonchev–Trinajstić information content (AvgIpc) is 2.46. The molecule has 2 amide bonds. The third kappa shape index (κ3) is 6.40. The van der Waals surface area contributed by atoms with E-state index < -0.39 is 0 Å². The third-order valence-corrected chi connectivity index (χ3v) is 3.23. The zero-order valence-corrected chi connectivity index (χ0v) is 13.1. The summed E-state index contributed by atoms with van der Waals surface area (Å²) in [6, 6.07) is 6.68. The predicted octanol–water partition coefficient (Wildman–Crippen LogP) is 2.74. The van der Waals surface area contributed by atoms with Crippen LogP contribution in [-0.2, 0) is 0 Å². The quantitative estimate of drug-likeness (QED) is 0.724. The van der Waals surface area contributed by atoms with Gasteiger partial charge in [0.15, 0.2) is 5.78 Å². The first-order valence-electron chi connectivity index (χ1n) is 7.45. The minimum absolute atomic E-state index is 0.0165. The topological polar surface area (TPSA) is 61.4 Å². The van der Waals surface area contributed by atoms with Crippen molar-refractivity contribution in [3.05, 3.63) is 29.8 Å². The van der Waals surface area contributed by atoms with E-state index in [4.69, 9.17) is 0 Å². The van der Waals surface area contributed by atoms with Crippen molar-refractivity contribution in [3.63, 3.8) is 0 Å². The number of nitrogens with zero attached hydrogens (tertiary/aromatic N) is 1. The van der Waals surface area contributed by atoms with Crippen LogP contribution in [0.5, 0.6) is 0 Å². The van der Waals surface area contributed by atoms with Crippen molar-refractivity contribution in [2.45, 2.75) is 27.2 Å². The molecule has 0 spiro atoms. The maximum Gasteiger partial charge on any atom is 0.319 e. The van der Waals surface area contributed by atoms with Gasteiger partial charge in [-0.25, -0.2) is 4.79 Å². The summed E-state index contributed by atoms with van der Waals surface area (Å²) in [5, 5.41) is 5.57. The van der Waals surface area contributed by atoms with Crippen LogP contribution in [0.15, 0.2) is 24.3 Å². The van der Waals surface area contributed by atoms with E-state index in [2.05, 4.69) is 29.4 Å². The van der Waals surface area contributed by atoms with E-state index in [1.54, 1.807) is 24.3 Å². The van der Waals surface area contributed by atoms with Gasteiger partial charge in [-0.05, 0) is 38.6 Å². The van der Waals surface area contributed by atoms with Gasteiger partial charge in [-0.2, -0.15) is 0 Å². The fourth-order valence-corrected chi connectivity index (χ4v) is 2.06. The maximum atomic E-state index is 11.8. The second-order valence-corrected chi connectivity index (χ2v) is 4.95. The Morgan fingerprint density at radius 3 is 2.57 bits per heavy atom. The van der Waals surface area contributed by atoms with Gasteiger partial charge in [-0.3, -0.25) is 4.79 Å².